The lowest BCUT2D eigenvalue weighted by Gasteiger charge is -2.05. The van der Waals surface area contributed by atoms with Crippen LogP contribution in [-0.4, -0.2) is 24.5 Å². The predicted octanol–water partition coefficient (Wildman–Crippen LogP) is 1.49. The lowest BCUT2D eigenvalue weighted by molar-refractivity contribution is -0.385. The summed E-state index contributed by atoms with van der Waals surface area (Å²) in [5, 5.41) is 13.9. The van der Waals surface area contributed by atoms with Gasteiger partial charge in [-0.15, -0.1) is 0 Å². The highest BCUT2D eigenvalue weighted by molar-refractivity contribution is 5.90. The van der Waals surface area contributed by atoms with E-state index in [1.165, 1.54) is 19.2 Å². The maximum atomic E-state index is 11.3. The molecule has 0 spiro atoms. The summed E-state index contributed by atoms with van der Waals surface area (Å²) >= 11 is 0. The zero-order valence-corrected chi connectivity index (χ0v) is 9.73. The summed E-state index contributed by atoms with van der Waals surface area (Å²) in [6.45, 7) is 3.03. The molecule has 0 aliphatic rings. The van der Waals surface area contributed by atoms with E-state index < -0.39 is 10.9 Å². The van der Waals surface area contributed by atoms with Crippen molar-refractivity contribution in [3.8, 4) is 0 Å². The van der Waals surface area contributed by atoms with Crippen LogP contribution in [0, 0.1) is 10.1 Å². The Hall–Kier alpha value is -1.95. The van der Waals surface area contributed by atoms with Crippen LogP contribution in [0.4, 0.5) is 5.69 Å². The fourth-order valence-corrected chi connectivity index (χ4v) is 1.39. The second-order valence-electron chi connectivity index (χ2n) is 3.37. The summed E-state index contributed by atoms with van der Waals surface area (Å²) < 4.78 is 4.51. The van der Waals surface area contributed by atoms with E-state index in [1.54, 1.807) is 6.07 Å². The van der Waals surface area contributed by atoms with Gasteiger partial charge in [0, 0.05) is 18.2 Å². The van der Waals surface area contributed by atoms with Crippen LogP contribution in [0.2, 0.25) is 0 Å². The molecule has 6 nitrogen and oxygen atoms in total. The molecule has 0 amide bonds. The zero-order valence-electron chi connectivity index (χ0n) is 9.73. The number of nitro benzene ring substituents is 1. The quantitative estimate of drug-likeness (QED) is 0.477. The van der Waals surface area contributed by atoms with Crippen molar-refractivity contribution in [3.63, 3.8) is 0 Å². The standard InChI is InChI=1S/C11H14N2O4/c1-3-12-7-9-5-4-8(11(14)17-2)6-10(9)13(15)16/h4-6,12H,3,7H2,1-2H3. The van der Waals surface area contributed by atoms with E-state index in [0.717, 1.165) is 6.54 Å². The number of carbonyl (C=O) groups is 1. The molecule has 1 rings (SSSR count). The molecule has 0 heterocycles. The Kier molecular flexibility index (Phi) is 4.59. The van der Waals surface area contributed by atoms with Crippen molar-refractivity contribution in [3.05, 3.63) is 39.4 Å². The number of carbonyl (C=O) groups excluding carboxylic acids is 1. The predicted molar refractivity (Wildman–Crippen MR) is 61.8 cm³/mol. The molecule has 0 atom stereocenters. The molecular weight excluding hydrogens is 224 g/mol. The summed E-state index contributed by atoms with van der Waals surface area (Å²) in [5.74, 6) is -0.580. The fraction of sp³-hybridized carbons (Fsp3) is 0.364. The van der Waals surface area contributed by atoms with E-state index >= 15 is 0 Å². The van der Waals surface area contributed by atoms with Crippen molar-refractivity contribution in [1.82, 2.24) is 5.32 Å². The van der Waals surface area contributed by atoms with E-state index in [0.29, 0.717) is 12.1 Å². The van der Waals surface area contributed by atoms with Crippen molar-refractivity contribution < 1.29 is 14.5 Å². The third-order valence-electron chi connectivity index (χ3n) is 2.27. The third-order valence-corrected chi connectivity index (χ3v) is 2.27. The fourth-order valence-electron chi connectivity index (χ4n) is 1.39. The van der Waals surface area contributed by atoms with Crippen LogP contribution in [0.25, 0.3) is 0 Å². The number of hydrogen-bond donors (Lipinski definition) is 1. The molecule has 0 bridgehead atoms. The van der Waals surface area contributed by atoms with Crippen LogP contribution in [-0.2, 0) is 11.3 Å². The van der Waals surface area contributed by atoms with Gasteiger partial charge in [-0.3, -0.25) is 10.1 Å². The first kappa shape index (κ1) is 13.1. The van der Waals surface area contributed by atoms with Crippen molar-refractivity contribution >= 4 is 11.7 Å². The Balaban J connectivity index is 3.08. The monoisotopic (exact) mass is 238 g/mol. The first-order chi connectivity index (χ1) is 8.10. The van der Waals surface area contributed by atoms with Crippen molar-refractivity contribution in [2.24, 2.45) is 0 Å². The average molecular weight is 238 g/mol. The Labute approximate surface area is 98.7 Å². The van der Waals surface area contributed by atoms with Crippen molar-refractivity contribution in [2.75, 3.05) is 13.7 Å². The molecule has 0 saturated heterocycles. The Morgan fingerprint density at radius 3 is 2.76 bits per heavy atom. The van der Waals surface area contributed by atoms with Gasteiger partial charge in [0.2, 0.25) is 0 Å². The first-order valence-electron chi connectivity index (χ1n) is 5.16. The van der Waals surface area contributed by atoms with Gasteiger partial charge in [0.25, 0.3) is 5.69 Å². The molecule has 1 N–H and O–H groups in total. The van der Waals surface area contributed by atoms with Gasteiger partial charge in [0.1, 0.15) is 0 Å². The van der Waals surface area contributed by atoms with E-state index in [2.05, 4.69) is 10.1 Å². The number of rotatable bonds is 5. The lowest BCUT2D eigenvalue weighted by atomic mass is 10.1. The smallest absolute Gasteiger partial charge is 0.338 e. The lowest BCUT2D eigenvalue weighted by Crippen LogP contribution is -2.13. The second kappa shape index (κ2) is 5.95. The zero-order chi connectivity index (χ0) is 12.8. The van der Waals surface area contributed by atoms with Crippen molar-refractivity contribution in [1.29, 1.82) is 0 Å². The molecule has 1 aromatic rings. The summed E-state index contributed by atoms with van der Waals surface area (Å²) in [6, 6.07) is 4.32. The van der Waals surface area contributed by atoms with Gasteiger partial charge < -0.3 is 10.1 Å². The van der Waals surface area contributed by atoms with Gasteiger partial charge in [-0.2, -0.15) is 0 Å². The van der Waals surface area contributed by atoms with Crippen LogP contribution in [0.3, 0.4) is 0 Å². The molecular formula is C11H14N2O4. The molecule has 0 aliphatic heterocycles. The highest BCUT2D eigenvalue weighted by Crippen LogP contribution is 2.20. The highest BCUT2D eigenvalue weighted by atomic mass is 16.6. The normalized spacial score (nSPS) is 10.0. The average Bonchev–Trinajstić information content (AvgIpc) is 2.35. The minimum Gasteiger partial charge on any atom is -0.465 e. The molecule has 17 heavy (non-hydrogen) atoms. The van der Waals surface area contributed by atoms with Crippen LogP contribution >= 0.6 is 0 Å². The summed E-state index contributed by atoms with van der Waals surface area (Å²) in [5.41, 5.74) is 0.651. The van der Waals surface area contributed by atoms with E-state index in [4.69, 9.17) is 0 Å². The minimum absolute atomic E-state index is 0.0751. The van der Waals surface area contributed by atoms with Gasteiger partial charge in [-0.1, -0.05) is 13.0 Å². The van der Waals surface area contributed by atoms with Gasteiger partial charge in [-0.25, -0.2) is 4.79 Å². The van der Waals surface area contributed by atoms with Gasteiger partial charge in [-0.05, 0) is 12.6 Å². The van der Waals surface area contributed by atoms with Gasteiger partial charge >= 0.3 is 5.97 Å². The molecule has 0 radical (unpaired) electrons. The number of nitro groups is 1. The number of methoxy groups -OCH3 is 1. The molecule has 0 unspecified atom stereocenters. The SMILES string of the molecule is CCNCc1ccc(C(=O)OC)cc1[N+](=O)[O-]. The van der Waals surface area contributed by atoms with Gasteiger partial charge in [0.15, 0.2) is 0 Å². The number of nitrogens with one attached hydrogen (secondary N) is 1. The largest absolute Gasteiger partial charge is 0.465 e. The molecule has 0 saturated carbocycles. The maximum Gasteiger partial charge on any atom is 0.338 e. The number of esters is 1. The summed E-state index contributed by atoms with van der Waals surface area (Å²) in [4.78, 5) is 21.6. The molecule has 92 valence electrons. The number of benzene rings is 1. The van der Waals surface area contributed by atoms with Crippen molar-refractivity contribution in [2.45, 2.75) is 13.5 Å². The second-order valence-corrected chi connectivity index (χ2v) is 3.37. The molecule has 0 aromatic heterocycles. The summed E-state index contributed by atoms with van der Waals surface area (Å²) in [6.07, 6.45) is 0. The van der Waals surface area contributed by atoms with E-state index in [1.807, 2.05) is 6.92 Å². The summed E-state index contributed by atoms with van der Waals surface area (Å²) in [7, 11) is 1.24. The van der Waals surface area contributed by atoms with Crippen LogP contribution in [0.5, 0.6) is 0 Å². The third kappa shape index (κ3) is 3.25. The number of nitrogens with zero attached hydrogens (tertiary/aromatic N) is 1. The highest BCUT2D eigenvalue weighted by Gasteiger charge is 2.17. The van der Waals surface area contributed by atoms with Crippen LogP contribution < -0.4 is 5.32 Å². The molecule has 6 heteroatoms. The first-order valence-corrected chi connectivity index (χ1v) is 5.16. The maximum absolute atomic E-state index is 11.3. The van der Waals surface area contributed by atoms with E-state index in [9.17, 15) is 14.9 Å². The van der Waals surface area contributed by atoms with Crippen LogP contribution in [0.15, 0.2) is 18.2 Å². The van der Waals surface area contributed by atoms with Crippen LogP contribution in [0.1, 0.15) is 22.8 Å². The Bertz CT molecular complexity index is 431. The van der Waals surface area contributed by atoms with E-state index in [-0.39, 0.29) is 11.3 Å². The Morgan fingerprint density at radius 1 is 1.53 bits per heavy atom. The molecule has 0 fully saturated rings. The topological polar surface area (TPSA) is 81.5 Å². The Morgan fingerprint density at radius 2 is 2.24 bits per heavy atom. The number of hydrogen-bond acceptors (Lipinski definition) is 5. The number of ether oxygens (including phenoxy) is 1. The molecule has 1 aromatic carbocycles. The minimum atomic E-state index is -0.580. The van der Waals surface area contributed by atoms with Gasteiger partial charge in [0.05, 0.1) is 17.6 Å². The molecule has 0 aliphatic carbocycles.